The molecule has 0 saturated carbocycles. The van der Waals surface area contributed by atoms with Gasteiger partial charge >= 0.3 is 0 Å². The molecule has 0 N–H and O–H groups in total. The Morgan fingerprint density at radius 2 is 1.32 bits per heavy atom. The summed E-state index contributed by atoms with van der Waals surface area (Å²) in [6, 6.07) is 20.2. The summed E-state index contributed by atoms with van der Waals surface area (Å²) in [6.45, 7) is 0. The van der Waals surface area contributed by atoms with Crippen LogP contribution < -0.4 is 0 Å². The molecular weight excluding hydrogens is 416 g/mol. The Bertz CT molecular complexity index is 568. The maximum Gasteiger partial charge on any atom is 0.201 e. The first-order valence-electron chi connectivity index (χ1n) is 5.53. The molecule has 1 heterocycles. The van der Waals surface area contributed by atoms with E-state index in [0.717, 1.165) is 11.1 Å². The molecule has 0 atom stereocenters. The molecule has 0 amide bonds. The molecule has 0 bridgehead atoms. The van der Waals surface area contributed by atoms with Gasteiger partial charge in [-0.15, -0.1) is 46.1 Å². The molecular formula is C14H9IrN4-. The Morgan fingerprint density at radius 3 is 1.95 bits per heavy atom. The summed E-state index contributed by atoms with van der Waals surface area (Å²) in [4.78, 5) is 0. The van der Waals surface area contributed by atoms with Crippen molar-refractivity contribution in [1.82, 2.24) is 20.4 Å². The SMILES string of the molecule is [Ir].[c-]1ccccc1-c1nnc(-c2ccccc2)nn1. The molecule has 0 aliphatic rings. The predicted octanol–water partition coefficient (Wildman–Crippen LogP) is 2.40. The van der Waals surface area contributed by atoms with Gasteiger partial charge in [0.05, 0.1) is 0 Å². The fourth-order valence-electron chi connectivity index (χ4n) is 1.57. The Balaban J connectivity index is 0.00000133. The van der Waals surface area contributed by atoms with Gasteiger partial charge < -0.3 is 0 Å². The zero-order valence-electron chi connectivity index (χ0n) is 9.82. The summed E-state index contributed by atoms with van der Waals surface area (Å²) in [5, 5.41) is 16.3. The first-order valence-corrected chi connectivity index (χ1v) is 5.53. The average molecular weight is 425 g/mol. The summed E-state index contributed by atoms with van der Waals surface area (Å²) >= 11 is 0. The minimum Gasteiger partial charge on any atom is -0.177 e. The number of aromatic nitrogens is 4. The van der Waals surface area contributed by atoms with Gasteiger partial charge in [0.2, 0.25) is 5.82 Å². The van der Waals surface area contributed by atoms with Gasteiger partial charge in [-0.3, -0.25) is 0 Å². The summed E-state index contributed by atoms with van der Waals surface area (Å²) in [5.41, 5.74) is 1.69. The van der Waals surface area contributed by atoms with Crippen LogP contribution in [0.4, 0.5) is 0 Å². The Hall–Kier alpha value is -1.97. The molecule has 1 radical (unpaired) electrons. The van der Waals surface area contributed by atoms with E-state index in [1.54, 1.807) is 0 Å². The topological polar surface area (TPSA) is 51.6 Å². The molecule has 2 aromatic carbocycles. The zero-order chi connectivity index (χ0) is 12.2. The Kier molecular flexibility index (Phi) is 4.44. The average Bonchev–Trinajstić information content (AvgIpc) is 2.49. The van der Waals surface area contributed by atoms with E-state index in [1.807, 2.05) is 54.6 Å². The van der Waals surface area contributed by atoms with Crippen molar-refractivity contribution in [1.29, 1.82) is 0 Å². The monoisotopic (exact) mass is 426 g/mol. The van der Waals surface area contributed by atoms with Gasteiger partial charge in [-0.2, -0.15) is 10.2 Å². The molecule has 0 unspecified atom stereocenters. The first kappa shape index (κ1) is 13.5. The van der Waals surface area contributed by atoms with Crippen molar-refractivity contribution in [3.63, 3.8) is 0 Å². The third-order valence-electron chi connectivity index (χ3n) is 2.46. The largest absolute Gasteiger partial charge is 0.201 e. The van der Waals surface area contributed by atoms with Crippen LogP contribution in [0, 0.1) is 6.07 Å². The number of hydrogen-bond acceptors (Lipinski definition) is 4. The minimum absolute atomic E-state index is 0. The van der Waals surface area contributed by atoms with E-state index >= 15 is 0 Å². The molecule has 0 spiro atoms. The molecule has 95 valence electrons. The van der Waals surface area contributed by atoms with Crippen LogP contribution in [0.1, 0.15) is 0 Å². The molecule has 0 aliphatic carbocycles. The third kappa shape index (κ3) is 3.08. The van der Waals surface area contributed by atoms with E-state index in [2.05, 4.69) is 26.5 Å². The quantitative estimate of drug-likeness (QED) is 0.592. The van der Waals surface area contributed by atoms with E-state index in [0.29, 0.717) is 11.6 Å². The smallest absolute Gasteiger partial charge is 0.177 e. The van der Waals surface area contributed by atoms with Crippen LogP contribution in [0.5, 0.6) is 0 Å². The number of rotatable bonds is 2. The van der Waals surface area contributed by atoms with Crippen LogP contribution in [-0.4, -0.2) is 20.4 Å². The van der Waals surface area contributed by atoms with Crippen molar-refractivity contribution in [3.05, 3.63) is 60.7 Å². The molecule has 0 saturated heterocycles. The van der Waals surface area contributed by atoms with Crippen molar-refractivity contribution in [3.8, 4) is 22.8 Å². The van der Waals surface area contributed by atoms with Crippen molar-refractivity contribution >= 4 is 0 Å². The summed E-state index contributed by atoms with van der Waals surface area (Å²) < 4.78 is 0. The van der Waals surface area contributed by atoms with Crippen LogP contribution in [-0.2, 0) is 20.1 Å². The van der Waals surface area contributed by atoms with Gasteiger partial charge in [0.25, 0.3) is 0 Å². The second-order valence-corrected chi connectivity index (χ2v) is 3.69. The molecule has 0 aliphatic heterocycles. The van der Waals surface area contributed by atoms with Gasteiger partial charge in [-0.05, 0) is 0 Å². The molecule has 3 aromatic rings. The van der Waals surface area contributed by atoms with Gasteiger partial charge in [0, 0.05) is 25.7 Å². The third-order valence-corrected chi connectivity index (χ3v) is 2.46. The van der Waals surface area contributed by atoms with Crippen molar-refractivity contribution < 1.29 is 20.1 Å². The first-order chi connectivity index (χ1) is 8.93. The van der Waals surface area contributed by atoms with Crippen LogP contribution in [0.25, 0.3) is 22.8 Å². The molecule has 1 aromatic heterocycles. The molecule has 5 heteroatoms. The van der Waals surface area contributed by atoms with Gasteiger partial charge in [0.15, 0.2) is 0 Å². The van der Waals surface area contributed by atoms with Crippen molar-refractivity contribution in [2.24, 2.45) is 0 Å². The molecule has 3 rings (SSSR count). The molecule has 0 fully saturated rings. The minimum atomic E-state index is 0. The van der Waals surface area contributed by atoms with E-state index < -0.39 is 0 Å². The summed E-state index contributed by atoms with van der Waals surface area (Å²) in [6.07, 6.45) is 0. The predicted molar refractivity (Wildman–Crippen MR) is 67.3 cm³/mol. The van der Waals surface area contributed by atoms with Crippen LogP contribution in [0.15, 0.2) is 54.6 Å². The Morgan fingerprint density at radius 1 is 0.684 bits per heavy atom. The fourth-order valence-corrected chi connectivity index (χ4v) is 1.57. The van der Waals surface area contributed by atoms with E-state index in [4.69, 9.17) is 0 Å². The van der Waals surface area contributed by atoms with Crippen LogP contribution in [0.2, 0.25) is 0 Å². The maximum absolute atomic E-state index is 4.08. The van der Waals surface area contributed by atoms with Crippen molar-refractivity contribution in [2.75, 3.05) is 0 Å². The van der Waals surface area contributed by atoms with Crippen molar-refractivity contribution in [2.45, 2.75) is 0 Å². The number of benzene rings is 2. The second kappa shape index (κ2) is 6.27. The van der Waals surface area contributed by atoms with Gasteiger partial charge in [-0.1, -0.05) is 30.3 Å². The molecule has 4 nitrogen and oxygen atoms in total. The summed E-state index contributed by atoms with van der Waals surface area (Å²) in [5.74, 6) is 1.01. The van der Waals surface area contributed by atoms with E-state index in [-0.39, 0.29) is 20.1 Å². The van der Waals surface area contributed by atoms with E-state index in [9.17, 15) is 0 Å². The van der Waals surface area contributed by atoms with Gasteiger partial charge in [0.1, 0.15) is 5.82 Å². The number of hydrogen-bond donors (Lipinski definition) is 0. The van der Waals surface area contributed by atoms with E-state index in [1.165, 1.54) is 0 Å². The second-order valence-electron chi connectivity index (χ2n) is 3.69. The standard InChI is InChI=1S/C14H9N4.Ir/c1-3-7-11(8-4-1)13-15-17-14(18-16-13)12-9-5-2-6-10-12;/h1-9H;/q-1;. The zero-order valence-corrected chi connectivity index (χ0v) is 12.2. The number of nitrogens with zero attached hydrogens (tertiary/aromatic N) is 4. The normalized spacial score (nSPS) is 9.68. The molecule has 19 heavy (non-hydrogen) atoms. The van der Waals surface area contributed by atoms with Crippen LogP contribution >= 0.6 is 0 Å². The Labute approximate surface area is 124 Å². The maximum atomic E-state index is 4.08. The fraction of sp³-hybridized carbons (Fsp3) is 0. The van der Waals surface area contributed by atoms with Crippen LogP contribution in [0.3, 0.4) is 0 Å². The summed E-state index contributed by atoms with van der Waals surface area (Å²) in [7, 11) is 0. The van der Waals surface area contributed by atoms with Gasteiger partial charge in [-0.25, -0.2) is 0 Å².